The van der Waals surface area contributed by atoms with E-state index < -0.39 is 28.5 Å². The molecule has 1 fully saturated rings. The van der Waals surface area contributed by atoms with E-state index in [1.807, 2.05) is 49.4 Å². The lowest BCUT2D eigenvalue weighted by atomic mass is 9.95. The van der Waals surface area contributed by atoms with Crippen molar-refractivity contribution in [2.45, 2.75) is 89.1 Å². The van der Waals surface area contributed by atoms with Gasteiger partial charge < -0.3 is 10.2 Å². The molecule has 3 aromatic rings. The van der Waals surface area contributed by atoms with Crippen molar-refractivity contribution < 1.29 is 18.0 Å². The number of carbonyl (C=O) groups is 2. The van der Waals surface area contributed by atoms with Crippen LogP contribution in [0.15, 0.2) is 83.8 Å². The standard InChI is InChI=1S/C35H45N3O4S/c1-26(2)30-17-19-32(20-18-30)38(43(41,42)33-21-15-27(3)16-22-33)25-34(39)37(24-23-29-11-7-5-8-12-29)28(4)35(40)36-31-13-9-6-10-14-31/h5,7-8,11-12,15-22,26,28,31H,6,9-10,13-14,23-25H2,1-4H3,(H,36,40). The summed E-state index contributed by atoms with van der Waals surface area (Å²) in [7, 11) is -4.08. The van der Waals surface area contributed by atoms with Gasteiger partial charge in [0.25, 0.3) is 10.0 Å². The first-order chi connectivity index (χ1) is 20.6. The monoisotopic (exact) mass is 603 g/mol. The van der Waals surface area contributed by atoms with E-state index >= 15 is 0 Å². The molecule has 1 saturated carbocycles. The van der Waals surface area contributed by atoms with Gasteiger partial charge in [-0.2, -0.15) is 0 Å². The fraction of sp³-hybridized carbons (Fsp3) is 0.429. The molecule has 4 rings (SSSR count). The Morgan fingerprint density at radius 3 is 2.09 bits per heavy atom. The van der Waals surface area contributed by atoms with Gasteiger partial charge >= 0.3 is 0 Å². The highest BCUT2D eigenvalue weighted by molar-refractivity contribution is 7.92. The number of benzene rings is 3. The predicted molar refractivity (Wildman–Crippen MR) is 173 cm³/mol. The number of sulfonamides is 1. The molecule has 1 atom stereocenters. The van der Waals surface area contributed by atoms with Gasteiger partial charge in [-0.3, -0.25) is 13.9 Å². The summed E-state index contributed by atoms with van der Waals surface area (Å²) < 4.78 is 29.3. The lowest BCUT2D eigenvalue weighted by Crippen LogP contribution is -2.53. The van der Waals surface area contributed by atoms with E-state index in [1.54, 1.807) is 43.3 Å². The molecule has 0 saturated heterocycles. The van der Waals surface area contributed by atoms with Gasteiger partial charge in [-0.25, -0.2) is 8.42 Å². The van der Waals surface area contributed by atoms with Gasteiger partial charge in [0.2, 0.25) is 11.8 Å². The second kappa shape index (κ2) is 14.7. The maximum Gasteiger partial charge on any atom is 0.264 e. The molecule has 0 radical (unpaired) electrons. The number of hydrogen-bond donors (Lipinski definition) is 1. The molecule has 0 spiro atoms. The van der Waals surface area contributed by atoms with Gasteiger partial charge in [0.05, 0.1) is 10.6 Å². The van der Waals surface area contributed by atoms with Gasteiger partial charge in [-0.1, -0.05) is 93.3 Å². The Kier molecular flexibility index (Phi) is 11.0. The summed E-state index contributed by atoms with van der Waals surface area (Å²) in [5.74, 6) is -0.358. The molecule has 43 heavy (non-hydrogen) atoms. The van der Waals surface area contributed by atoms with Crippen molar-refractivity contribution >= 4 is 27.5 Å². The summed E-state index contributed by atoms with van der Waals surface area (Å²) in [5.41, 5.74) is 3.45. The molecule has 1 aliphatic rings. The summed E-state index contributed by atoms with van der Waals surface area (Å²) in [4.78, 5) is 29.2. The zero-order valence-electron chi connectivity index (χ0n) is 25.8. The highest BCUT2D eigenvalue weighted by Crippen LogP contribution is 2.27. The third-order valence-corrected chi connectivity index (χ3v) is 10.1. The summed E-state index contributed by atoms with van der Waals surface area (Å²) in [6.07, 6.45) is 5.75. The molecule has 7 nitrogen and oxygen atoms in total. The molecule has 8 heteroatoms. The first-order valence-corrected chi connectivity index (χ1v) is 16.8. The van der Waals surface area contributed by atoms with Gasteiger partial charge in [-0.15, -0.1) is 0 Å². The molecule has 1 unspecified atom stereocenters. The van der Waals surface area contributed by atoms with Crippen LogP contribution in [0.1, 0.15) is 75.5 Å². The molecule has 0 heterocycles. The minimum absolute atomic E-state index is 0.104. The van der Waals surface area contributed by atoms with Crippen molar-refractivity contribution in [1.82, 2.24) is 10.2 Å². The average molecular weight is 604 g/mol. The Labute approximate surface area is 257 Å². The molecule has 1 N–H and O–H groups in total. The molecule has 0 bridgehead atoms. The van der Waals surface area contributed by atoms with Crippen LogP contribution in [0, 0.1) is 6.92 Å². The van der Waals surface area contributed by atoms with Crippen LogP contribution in [0.2, 0.25) is 0 Å². The maximum absolute atomic E-state index is 14.1. The third-order valence-electron chi connectivity index (χ3n) is 8.34. The zero-order valence-corrected chi connectivity index (χ0v) is 26.6. The van der Waals surface area contributed by atoms with Crippen LogP contribution >= 0.6 is 0 Å². The lowest BCUT2D eigenvalue weighted by Gasteiger charge is -2.33. The first-order valence-electron chi connectivity index (χ1n) is 15.4. The van der Waals surface area contributed by atoms with Crippen molar-refractivity contribution in [3.63, 3.8) is 0 Å². The van der Waals surface area contributed by atoms with Crippen LogP contribution in [0.4, 0.5) is 5.69 Å². The fourth-order valence-corrected chi connectivity index (χ4v) is 6.94. The molecule has 1 aliphatic carbocycles. The summed E-state index contributed by atoms with van der Waals surface area (Å²) in [6, 6.07) is 23.1. The number of carbonyl (C=O) groups excluding carboxylic acids is 2. The van der Waals surface area contributed by atoms with Crippen molar-refractivity contribution in [2.24, 2.45) is 0 Å². The number of nitrogens with zero attached hydrogens (tertiary/aromatic N) is 2. The largest absolute Gasteiger partial charge is 0.352 e. The normalized spacial score (nSPS) is 14.7. The van der Waals surface area contributed by atoms with E-state index in [0.717, 1.165) is 42.4 Å². The first kappa shape index (κ1) is 32.3. The molecule has 0 aliphatic heterocycles. The predicted octanol–water partition coefficient (Wildman–Crippen LogP) is 6.22. The molecule has 0 aromatic heterocycles. The van der Waals surface area contributed by atoms with Crippen LogP contribution in [0.5, 0.6) is 0 Å². The maximum atomic E-state index is 14.1. The summed E-state index contributed by atoms with van der Waals surface area (Å²) in [6.45, 7) is 7.64. The van der Waals surface area contributed by atoms with Crippen molar-refractivity contribution in [3.05, 3.63) is 95.6 Å². The van der Waals surface area contributed by atoms with Crippen LogP contribution < -0.4 is 9.62 Å². The van der Waals surface area contributed by atoms with E-state index in [2.05, 4.69) is 19.2 Å². The third kappa shape index (κ3) is 8.47. The topological polar surface area (TPSA) is 86.8 Å². The van der Waals surface area contributed by atoms with Crippen molar-refractivity contribution in [1.29, 1.82) is 0 Å². The molecule has 2 amide bonds. The minimum Gasteiger partial charge on any atom is -0.352 e. The Morgan fingerprint density at radius 1 is 0.860 bits per heavy atom. The molecule has 230 valence electrons. The van der Waals surface area contributed by atoms with E-state index in [9.17, 15) is 18.0 Å². The smallest absolute Gasteiger partial charge is 0.264 e. The number of amides is 2. The van der Waals surface area contributed by atoms with Crippen molar-refractivity contribution in [2.75, 3.05) is 17.4 Å². The van der Waals surface area contributed by atoms with Gasteiger partial charge in [-0.05, 0) is 74.4 Å². The Bertz CT molecular complexity index is 1450. The molecule has 3 aromatic carbocycles. The SMILES string of the molecule is Cc1ccc(S(=O)(=O)N(CC(=O)N(CCc2ccccc2)C(C)C(=O)NC2CCCCC2)c2ccc(C(C)C)cc2)cc1. The number of hydrogen-bond acceptors (Lipinski definition) is 4. The van der Waals surface area contributed by atoms with E-state index in [-0.39, 0.29) is 29.3 Å². The van der Waals surface area contributed by atoms with Crippen LogP contribution in [-0.4, -0.2) is 50.3 Å². The van der Waals surface area contributed by atoms with Crippen LogP contribution in [0.25, 0.3) is 0 Å². The van der Waals surface area contributed by atoms with Crippen LogP contribution in [-0.2, 0) is 26.0 Å². The fourth-order valence-electron chi connectivity index (χ4n) is 5.53. The number of rotatable bonds is 12. The zero-order chi connectivity index (χ0) is 31.0. The quantitative estimate of drug-likeness (QED) is 0.266. The van der Waals surface area contributed by atoms with E-state index in [4.69, 9.17) is 0 Å². The van der Waals surface area contributed by atoms with Crippen molar-refractivity contribution in [3.8, 4) is 0 Å². The van der Waals surface area contributed by atoms with Gasteiger partial charge in [0.1, 0.15) is 12.6 Å². The Balaban J connectivity index is 1.65. The number of anilines is 1. The molecular formula is C35H45N3O4S. The summed E-state index contributed by atoms with van der Waals surface area (Å²) >= 11 is 0. The highest BCUT2D eigenvalue weighted by Gasteiger charge is 2.33. The van der Waals surface area contributed by atoms with Gasteiger partial charge in [0, 0.05) is 12.6 Å². The van der Waals surface area contributed by atoms with Crippen LogP contribution in [0.3, 0.4) is 0 Å². The Hall–Kier alpha value is -3.65. The summed E-state index contributed by atoms with van der Waals surface area (Å²) in [5, 5.41) is 3.15. The molecular weight excluding hydrogens is 558 g/mol. The highest BCUT2D eigenvalue weighted by atomic mass is 32.2. The minimum atomic E-state index is -4.08. The van der Waals surface area contributed by atoms with E-state index in [1.165, 1.54) is 15.6 Å². The Morgan fingerprint density at radius 2 is 1.49 bits per heavy atom. The second-order valence-electron chi connectivity index (χ2n) is 11.9. The van der Waals surface area contributed by atoms with E-state index in [0.29, 0.717) is 12.1 Å². The second-order valence-corrected chi connectivity index (χ2v) is 13.8. The average Bonchev–Trinajstić information content (AvgIpc) is 3.01. The lowest BCUT2D eigenvalue weighted by molar-refractivity contribution is -0.139. The van der Waals surface area contributed by atoms with Gasteiger partial charge in [0.15, 0.2) is 0 Å². The number of nitrogens with one attached hydrogen (secondary N) is 1. The number of aryl methyl sites for hydroxylation is 1.